The molecule has 0 saturated heterocycles. The lowest BCUT2D eigenvalue weighted by Gasteiger charge is -2.09. The smallest absolute Gasteiger partial charge is 0.356 e. The van der Waals surface area contributed by atoms with Crippen LogP contribution in [0.3, 0.4) is 0 Å². The molecule has 2 aromatic heterocycles. The van der Waals surface area contributed by atoms with Gasteiger partial charge in [-0.2, -0.15) is 5.10 Å². The van der Waals surface area contributed by atoms with Crippen molar-refractivity contribution in [3.05, 3.63) is 74.7 Å². The third-order valence-corrected chi connectivity index (χ3v) is 3.84. The van der Waals surface area contributed by atoms with Crippen molar-refractivity contribution in [3.63, 3.8) is 0 Å². The maximum atomic E-state index is 12.1. The fourth-order valence-electron chi connectivity index (χ4n) is 2.32. The summed E-state index contributed by atoms with van der Waals surface area (Å²) < 4.78 is 7.42. The Morgan fingerprint density at radius 1 is 1.12 bits per heavy atom. The number of esters is 1. The highest BCUT2D eigenvalue weighted by molar-refractivity contribution is 5.88. The van der Waals surface area contributed by atoms with Crippen molar-refractivity contribution in [3.8, 4) is 11.3 Å². The van der Waals surface area contributed by atoms with Crippen LogP contribution in [-0.4, -0.2) is 25.3 Å². The molecule has 0 unspecified atom stereocenters. The zero-order valence-corrected chi connectivity index (χ0v) is 13.7. The second-order valence-corrected chi connectivity index (χ2v) is 5.48. The molecular formula is C17H16N4O4. The first-order valence-corrected chi connectivity index (χ1v) is 7.51. The first-order valence-electron chi connectivity index (χ1n) is 7.51. The maximum absolute atomic E-state index is 12.1. The molecule has 0 atom stereocenters. The van der Waals surface area contributed by atoms with E-state index in [1.165, 1.54) is 24.7 Å². The zero-order chi connectivity index (χ0) is 18.0. The van der Waals surface area contributed by atoms with Crippen LogP contribution in [-0.2, 0) is 25.4 Å². The molecule has 3 aromatic rings. The minimum atomic E-state index is -0.622. The van der Waals surface area contributed by atoms with Gasteiger partial charge in [-0.1, -0.05) is 30.3 Å². The Balaban J connectivity index is 1.75. The predicted molar refractivity (Wildman–Crippen MR) is 90.1 cm³/mol. The summed E-state index contributed by atoms with van der Waals surface area (Å²) in [6, 6.07) is 12.2. The van der Waals surface area contributed by atoms with Crippen molar-refractivity contribution >= 4 is 5.97 Å². The fraction of sp³-hybridized carbons (Fsp3) is 0.176. The van der Waals surface area contributed by atoms with Crippen LogP contribution in [0.4, 0.5) is 0 Å². The predicted octanol–water partition coefficient (Wildman–Crippen LogP) is 0.831. The summed E-state index contributed by atoms with van der Waals surface area (Å²) >= 11 is 0. The Morgan fingerprint density at radius 2 is 1.84 bits per heavy atom. The van der Waals surface area contributed by atoms with Gasteiger partial charge in [-0.3, -0.25) is 19.0 Å². The molecule has 0 radical (unpaired) electrons. The van der Waals surface area contributed by atoms with Gasteiger partial charge in [0.25, 0.3) is 5.56 Å². The highest BCUT2D eigenvalue weighted by Crippen LogP contribution is 2.17. The topological polar surface area (TPSA) is 99.0 Å². The van der Waals surface area contributed by atoms with Crippen molar-refractivity contribution in [1.29, 1.82) is 0 Å². The molecule has 1 aromatic carbocycles. The number of aromatic amines is 1. The van der Waals surface area contributed by atoms with E-state index >= 15 is 0 Å². The highest BCUT2D eigenvalue weighted by atomic mass is 16.5. The van der Waals surface area contributed by atoms with Gasteiger partial charge in [-0.15, -0.1) is 0 Å². The molecule has 0 saturated carbocycles. The number of nitrogens with one attached hydrogen (secondary N) is 1. The van der Waals surface area contributed by atoms with E-state index in [-0.39, 0.29) is 12.3 Å². The summed E-state index contributed by atoms with van der Waals surface area (Å²) in [5, 5.41) is 6.71. The van der Waals surface area contributed by atoms with Gasteiger partial charge in [-0.25, -0.2) is 9.59 Å². The standard InChI is InChI=1S/C17H16N4O4/c1-20-12(8-15(22)21(2)17(20)24)10-25-16(23)14-9-13(18-19-14)11-6-4-3-5-7-11/h3-9H,10H2,1-2H3,(H,18,19). The van der Waals surface area contributed by atoms with Crippen molar-refractivity contribution < 1.29 is 9.53 Å². The van der Waals surface area contributed by atoms with Crippen LogP contribution in [0.5, 0.6) is 0 Å². The summed E-state index contributed by atoms with van der Waals surface area (Å²) in [7, 11) is 2.89. The molecule has 0 spiro atoms. The van der Waals surface area contributed by atoms with E-state index in [0.29, 0.717) is 11.4 Å². The summed E-state index contributed by atoms with van der Waals surface area (Å²) in [4.78, 5) is 35.7. The lowest BCUT2D eigenvalue weighted by molar-refractivity contribution is 0.0455. The molecule has 8 nitrogen and oxygen atoms in total. The second-order valence-electron chi connectivity index (χ2n) is 5.48. The molecule has 25 heavy (non-hydrogen) atoms. The molecule has 0 aliphatic heterocycles. The minimum absolute atomic E-state index is 0.188. The van der Waals surface area contributed by atoms with Gasteiger partial charge < -0.3 is 4.74 Å². The van der Waals surface area contributed by atoms with Crippen LogP contribution in [0, 0.1) is 0 Å². The molecule has 3 rings (SSSR count). The molecule has 0 amide bonds. The van der Waals surface area contributed by atoms with E-state index in [1.807, 2.05) is 30.3 Å². The quantitative estimate of drug-likeness (QED) is 0.709. The summed E-state index contributed by atoms with van der Waals surface area (Å²) in [6.45, 7) is -0.194. The number of benzene rings is 1. The normalized spacial score (nSPS) is 10.6. The number of aromatic nitrogens is 4. The third kappa shape index (κ3) is 3.27. The highest BCUT2D eigenvalue weighted by Gasteiger charge is 2.14. The molecule has 0 bridgehead atoms. The van der Waals surface area contributed by atoms with Crippen molar-refractivity contribution in [2.75, 3.05) is 0 Å². The Labute approximate surface area is 142 Å². The molecule has 0 fully saturated rings. The van der Waals surface area contributed by atoms with Gasteiger partial charge >= 0.3 is 11.7 Å². The molecule has 0 aliphatic rings. The van der Waals surface area contributed by atoms with Gasteiger partial charge in [0, 0.05) is 25.7 Å². The Kier molecular flexibility index (Phi) is 4.34. The lowest BCUT2D eigenvalue weighted by atomic mass is 10.1. The number of carbonyl (C=O) groups is 1. The number of H-pyrrole nitrogens is 1. The fourth-order valence-corrected chi connectivity index (χ4v) is 2.32. The van der Waals surface area contributed by atoms with Gasteiger partial charge in [0.1, 0.15) is 12.3 Å². The van der Waals surface area contributed by atoms with Gasteiger partial charge in [0.05, 0.1) is 11.4 Å². The zero-order valence-electron chi connectivity index (χ0n) is 13.7. The summed E-state index contributed by atoms with van der Waals surface area (Å²) in [5.74, 6) is -0.622. The number of carbonyl (C=O) groups excluding carboxylic acids is 1. The first kappa shape index (κ1) is 16.4. The van der Waals surface area contributed by atoms with Crippen LogP contribution in [0.15, 0.2) is 52.1 Å². The lowest BCUT2D eigenvalue weighted by Crippen LogP contribution is -2.38. The van der Waals surface area contributed by atoms with Gasteiger partial charge in [-0.05, 0) is 6.07 Å². The van der Waals surface area contributed by atoms with E-state index < -0.39 is 17.2 Å². The SMILES string of the molecule is Cn1c(COC(=O)c2cc(-c3ccccc3)n[nH]2)cc(=O)n(C)c1=O. The molecule has 0 aliphatic carbocycles. The number of hydrogen-bond donors (Lipinski definition) is 1. The number of ether oxygens (including phenoxy) is 1. The van der Waals surface area contributed by atoms with Crippen molar-refractivity contribution in [1.82, 2.24) is 19.3 Å². The summed E-state index contributed by atoms with van der Waals surface area (Å²) in [5.41, 5.74) is 1.05. The largest absolute Gasteiger partial charge is 0.455 e. The molecule has 8 heteroatoms. The van der Waals surface area contributed by atoms with Crippen LogP contribution in [0.1, 0.15) is 16.2 Å². The van der Waals surface area contributed by atoms with E-state index in [1.54, 1.807) is 6.07 Å². The Morgan fingerprint density at radius 3 is 2.56 bits per heavy atom. The number of hydrogen-bond acceptors (Lipinski definition) is 5. The molecule has 1 N–H and O–H groups in total. The molecular weight excluding hydrogens is 324 g/mol. The average molecular weight is 340 g/mol. The van der Waals surface area contributed by atoms with Gasteiger partial charge in [0.2, 0.25) is 0 Å². The minimum Gasteiger partial charge on any atom is -0.455 e. The molecule has 128 valence electrons. The second kappa shape index (κ2) is 6.60. The van der Waals surface area contributed by atoms with Crippen LogP contribution in [0.2, 0.25) is 0 Å². The van der Waals surface area contributed by atoms with Crippen LogP contribution < -0.4 is 11.2 Å². The maximum Gasteiger partial charge on any atom is 0.356 e. The average Bonchev–Trinajstić information content (AvgIpc) is 3.12. The van der Waals surface area contributed by atoms with Crippen molar-refractivity contribution in [2.45, 2.75) is 6.61 Å². The van der Waals surface area contributed by atoms with Crippen LogP contribution >= 0.6 is 0 Å². The Hall–Kier alpha value is -3.42. The third-order valence-electron chi connectivity index (χ3n) is 3.84. The monoisotopic (exact) mass is 340 g/mol. The van der Waals surface area contributed by atoms with Crippen molar-refractivity contribution in [2.24, 2.45) is 14.1 Å². The van der Waals surface area contributed by atoms with Gasteiger partial charge in [0.15, 0.2) is 0 Å². The first-order chi connectivity index (χ1) is 12.0. The Bertz CT molecular complexity index is 1030. The van der Waals surface area contributed by atoms with E-state index in [2.05, 4.69) is 10.2 Å². The summed E-state index contributed by atoms with van der Waals surface area (Å²) in [6.07, 6.45) is 0. The van der Waals surface area contributed by atoms with E-state index in [9.17, 15) is 14.4 Å². The number of rotatable bonds is 4. The van der Waals surface area contributed by atoms with Crippen LogP contribution in [0.25, 0.3) is 11.3 Å². The number of nitrogens with zero attached hydrogens (tertiary/aromatic N) is 3. The van der Waals surface area contributed by atoms with E-state index in [4.69, 9.17) is 4.74 Å². The van der Waals surface area contributed by atoms with E-state index in [0.717, 1.165) is 10.1 Å². The molecule has 2 heterocycles.